The maximum Gasteiger partial charge on any atom is 0.255 e. The lowest BCUT2D eigenvalue weighted by molar-refractivity contribution is -0.126. The van der Waals surface area contributed by atoms with Crippen LogP contribution in [0, 0.1) is 5.95 Å². The van der Waals surface area contributed by atoms with Crippen LogP contribution in [-0.4, -0.2) is 46.6 Å². The number of nitrogens with zero attached hydrogens (tertiary/aromatic N) is 2. The van der Waals surface area contributed by atoms with Crippen LogP contribution in [-0.2, 0) is 11.3 Å². The molecule has 0 radical (unpaired) electrons. The third-order valence-corrected chi connectivity index (χ3v) is 6.22. The van der Waals surface area contributed by atoms with Gasteiger partial charge in [-0.2, -0.15) is 4.39 Å². The average Bonchev–Trinajstić information content (AvgIpc) is 3.19. The number of pyridine rings is 1. The van der Waals surface area contributed by atoms with Crippen LogP contribution in [0.2, 0.25) is 5.02 Å². The van der Waals surface area contributed by atoms with E-state index >= 15 is 0 Å². The number of aliphatic hydroxyl groups is 1. The van der Waals surface area contributed by atoms with E-state index in [1.165, 1.54) is 24.3 Å². The normalized spacial score (nSPS) is 14.5. The topological polar surface area (TPSA) is 91.8 Å². The molecule has 34 heavy (non-hydrogen) atoms. The Hall–Kier alpha value is -3.49. The molecule has 1 aliphatic heterocycles. The number of ether oxygens (including phenoxy) is 1. The van der Waals surface area contributed by atoms with Gasteiger partial charge in [-0.1, -0.05) is 35.9 Å². The maximum atomic E-state index is 13.6. The Morgan fingerprint density at radius 2 is 2.06 bits per heavy atom. The summed E-state index contributed by atoms with van der Waals surface area (Å²) in [4.78, 5) is 31.1. The molecular formula is C25H23ClFN3O4. The van der Waals surface area contributed by atoms with Crippen molar-refractivity contribution in [3.05, 3.63) is 82.4 Å². The maximum absolute atomic E-state index is 13.6. The smallest absolute Gasteiger partial charge is 0.255 e. The number of benzene rings is 2. The minimum Gasteiger partial charge on any atom is -0.497 e. The van der Waals surface area contributed by atoms with Gasteiger partial charge in [0, 0.05) is 29.9 Å². The Morgan fingerprint density at radius 3 is 2.79 bits per heavy atom. The van der Waals surface area contributed by atoms with E-state index in [1.807, 2.05) is 0 Å². The zero-order chi connectivity index (χ0) is 24.4. The quantitative estimate of drug-likeness (QED) is 0.499. The lowest BCUT2D eigenvalue weighted by atomic mass is 10.0. The van der Waals surface area contributed by atoms with Gasteiger partial charge < -0.3 is 20.1 Å². The third kappa shape index (κ3) is 4.60. The van der Waals surface area contributed by atoms with Gasteiger partial charge in [0.2, 0.25) is 11.9 Å². The van der Waals surface area contributed by atoms with Crippen molar-refractivity contribution >= 4 is 23.4 Å². The van der Waals surface area contributed by atoms with Gasteiger partial charge in [-0.05, 0) is 41.8 Å². The summed E-state index contributed by atoms with van der Waals surface area (Å²) in [6.45, 7) is 1.58. The number of aromatic nitrogens is 1. The first-order chi connectivity index (χ1) is 16.3. The van der Waals surface area contributed by atoms with Gasteiger partial charge in [0.1, 0.15) is 11.8 Å². The predicted octanol–water partition coefficient (Wildman–Crippen LogP) is 3.74. The molecule has 1 aromatic heterocycles. The van der Waals surface area contributed by atoms with Crippen molar-refractivity contribution in [2.24, 2.45) is 0 Å². The van der Waals surface area contributed by atoms with Crippen molar-refractivity contribution in [3.8, 4) is 16.9 Å². The van der Waals surface area contributed by atoms with Gasteiger partial charge in [-0.25, -0.2) is 4.98 Å². The Labute approximate surface area is 201 Å². The van der Waals surface area contributed by atoms with Crippen molar-refractivity contribution in [2.45, 2.75) is 25.6 Å². The third-order valence-electron chi connectivity index (χ3n) is 5.92. The van der Waals surface area contributed by atoms with Gasteiger partial charge in [0.05, 0.1) is 24.8 Å². The summed E-state index contributed by atoms with van der Waals surface area (Å²) in [5.41, 5.74) is 2.88. The Bertz CT molecular complexity index is 1250. The van der Waals surface area contributed by atoms with E-state index in [1.54, 1.807) is 49.4 Å². The molecule has 0 aliphatic carbocycles. The molecule has 3 aromatic rings. The number of amides is 2. The minimum absolute atomic E-state index is 0.254. The number of rotatable bonds is 7. The summed E-state index contributed by atoms with van der Waals surface area (Å²) in [5.74, 6) is -0.782. The van der Waals surface area contributed by atoms with Gasteiger partial charge in [0.25, 0.3) is 5.91 Å². The highest BCUT2D eigenvalue weighted by Gasteiger charge is 2.35. The van der Waals surface area contributed by atoms with Gasteiger partial charge >= 0.3 is 0 Å². The number of halogens is 2. The van der Waals surface area contributed by atoms with Crippen LogP contribution in [0.5, 0.6) is 5.75 Å². The first-order valence-corrected chi connectivity index (χ1v) is 11.0. The molecule has 0 bridgehead atoms. The number of carbonyl (C=O) groups is 2. The largest absolute Gasteiger partial charge is 0.497 e. The second-order valence-corrected chi connectivity index (χ2v) is 8.40. The molecule has 1 aliphatic rings. The fourth-order valence-electron chi connectivity index (χ4n) is 3.96. The second kappa shape index (κ2) is 9.79. The summed E-state index contributed by atoms with van der Waals surface area (Å²) in [5, 5.41) is 12.9. The van der Waals surface area contributed by atoms with Gasteiger partial charge in [-0.15, -0.1) is 0 Å². The zero-order valence-electron chi connectivity index (χ0n) is 18.6. The van der Waals surface area contributed by atoms with E-state index in [9.17, 15) is 19.1 Å². The van der Waals surface area contributed by atoms with Crippen LogP contribution in [0.4, 0.5) is 4.39 Å². The minimum atomic E-state index is -0.787. The van der Waals surface area contributed by atoms with Crippen molar-refractivity contribution in [1.82, 2.24) is 15.2 Å². The number of nitrogens with one attached hydrogen (secondary N) is 1. The summed E-state index contributed by atoms with van der Waals surface area (Å²) in [7, 11) is 1.54. The summed E-state index contributed by atoms with van der Waals surface area (Å²) >= 11 is 6.16. The Balaban J connectivity index is 1.52. The van der Waals surface area contributed by atoms with Crippen molar-refractivity contribution in [2.75, 3.05) is 13.7 Å². The average molecular weight is 484 g/mol. The van der Waals surface area contributed by atoms with E-state index in [0.29, 0.717) is 28.0 Å². The van der Waals surface area contributed by atoms with E-state index in [2.05, 4.69) is 10.3 Å². The zero-order valence-corrected chi connectivity index (χ0v) is 19.3. The predicted molar refractivity (Wildman–Crippen MR) is 125 cm³/mol. The van der Waals surface area contributed by atoms with Crippen molar-refractivity contribution in [3.63, 3.8) is 0 Å². The van der Waals surface area contributed by atoms with Crippen LogP contribution < -0.4 is 10.1 Å². The molecule has 0 unspecified atom stereocenters. The molecule has 0 saturated carbocycles. The molecule has 2 N–H and O–H groups in total. The van der Waals surface area contributed by atoms with Gasteiger partial charge in [0.15, 0.2) is 0 Å². The highest BCUT2D eigenvalue weighted by atomic mass is 35.5. The molecule has 2 atom stereocenters. The molecule has 4 rings (SSSR count). The molecule has 2 aromatic carbocycles. The molecule has 2 heterocycles. The molecule has 0 spiro atoms. The lowest BCUT2D eigenvalue weighted by Crippen LogP contribution is -2.46. The first kappa shape index (κ1) is 23.7. The van der Waals surface area contributed by atoms with Crippen molar-refractivity contribution < 1.29 is 23.8 Å². The van der Waals surface area contributed by atoms with Crippen LogP contribution >= 0.6 is 11.6 Å². The summed E-state index contributed by atoms with van der Waals surface area (Å²) in [6.07, 6.45) is 1.22. The highest BCUT2D eigenvalue weighted by molar-refractivity contribution is 6.33. The number of hydrogen-bond acceptors (Lipinski definition) is 5. The van der Waals surface area contributed by atoms with Crippen LogP contribution in [0.1, 0.15) is 34.5 Å². The second-order valence-electron chi connectivity index (χ2n) is 7.99. The number of aliphatic hydroxyl groups excluding tert-OH is 1. The summed E-state index contributed by atoms with van der Waals surface area (Å²) < 4.78 is 18.8. The van der Waals surface area contributed by atoms with E-state index in [0.717, 1.165) is 5.56 Å². The molecule has 176 valence electrons. The highest BCUT2D eigenvalue weighted by Crippen LogP contribution is 2.33. The van der Waals surface area contributed by atoms with Crippen LogP contribution in [0.3, 0.4) is 0 Å². The number of fused-ring (bicyclic) bond motifs is 1. The monoisotopic (exact) mass is 483 g/mol. The van der Waals surface area contributed by atoms with E-state index < -0.39 is 23.9 Å². The molecule has 9 heteroatoms. The lowest BCUT2D eigenvalue weighted by Gasteiger charge is -2.26. The van der Waals surface area contributed by atoms with E-state index in [-0.39, 0.29) is 24.1 Å². The van der Waals surface area contributed by atoms with Crippen LogP contribution in [0.25, 0.3) is 11.1 Å². The van der Waals surface area contributed by atoms with Crippen LogP contribution in [0.15, 0.2) is 54.7 Å². The SMILES string of the molecule is COc1cccc([C@@H](CO)NC(=O)[C@@H](C)N2Cc3ccc(-c4cc(F)ncc4Cl)cc3C2=O)c1. The van der Waals surface area contributed by atoms with Crippen molar-refractivity contribution in [1.29, 1.82) is 0 Å². The molecule has 7 nitrogen and oxygen atoms in total. The van der Waals surface area contributed by atoms with Gasteiger partial charge in [-0.3, -0.25) is 9.59 Å². The Morgan fingerprint density at radius 1 is 1.26 bits per heavy atom. The number of carbonyl (C=O) groups excluding carboxylic acids is 2. The standard InChI is InChI=1S/C25H23ClFN3O4/c1-14(24(32)29-22(13-31)16-4-3-5-18(8-16)34-2)30-12-17-7-6-15(9-20(17)25(30)33)19-10-23(27)28-11-21(19)26/h3-11,14,22,31H,12-13H2,1-2H3,(H,29,32)/t14-,22-/m1/s1. The molecule has 0 fully saturated rings. The fourth-order valence-corrected chi connectivity index (χ4v) is 4.18. The molecule has 2 amide bonds. The first-order valence-electron chi connectivity index (χ1n) is 10.6. The Kier molecular flexibility index (Phi) is 6.81. The summed E-state index contributed by atoms with van der Waals surface area (Å²) in [6, 6.07) is 12.0. The number of hydrogen-bond donors (Lipinski definition) is 2. The number of methoxy groups -OCH3 is 1. The molecular weight excluding hydrogens is 461 g/mol. The fraction of sp³-hybridized carbons (Fsp3) is 0.240. The van der Waals surface area contributed by atoms with E-state index in [4.69, 9.17) is 16.3 Å². The molecule has 0 saturated heterocycles.